The Bertz CT molecular complexity index is 662. The molecule has 4 nitrogen and oxygen atoms in total. The van der Waals surface area contributed by atoms with E-state index in [1.165, 1.54) is 23.3 Å². The molecule has 2 aromatic heterocycles. The minimum absolute atomic E-state index is 0.233. The summed E-state index contributed by atoms with van der Waals surface area (Å²) in [6.45, 7) is 1.66. The van der Waals surface area contributed by atoms with Crippen molar-refractivity contribution in [2.75, 3.05) is 13.1 Å². The molecule has 0 N–H and O–H groups in total. The number of likely N-dealkylation sites (tertiary alicyclic amines) is 1. The molecular formula is C17H21N3OS. The number of hydrogen-bond acceptors (Lipinski definition) is 3. The van der Waals surface area contributed by atoms with Crippen molar-refractivity contribution in [1.29, 1.82) is 0 Å². The van der Waals surface area contributed by atoms with Crippen molar-refractivity contribution in [3.8, 4) is 0 Å². The van der Waals surface area contributed by atoms with E-state index in [9.17, 15) is 4.79 Å². The van der Waals surface area contributed by atoms with Gasteiger partial charge < -0.3 is 4.90 Å². The second kappa shape index (κ2) is 5.88. The molecule has 1 aliphatic heterocycles. The Labute approximate surface area is 134 Å². The van der Waals surface area contributed by atoms with E-state index in [2.05, 4.69) is 10.5 Å². The van der Waals surface area contributed by atoms with Crippen LogP contribution in [0, 0.1) is 0 Å². The van der Waals surface area contributed by atoms with E-state index in [1.807, 2.05) is 28.0 Å². The predicted octanol–water partition coefficient (Wildman–Crippen LogP) is 3.30. The Morgan fingerprint density at radius 3 is 3.05 bits per heavy atom. The zero-order chi connectivity index (χ0) is 14.9. The number of aryl methyl sites for hydroxylation is 1. The molecule has 0 spiro atoms. The first-order valence-corrected chi connectivity index (χ1v) is 9.08. The lowest BCUT2D eigenvalue weighted by molar-refractivity contribution is 0.0672. The van der Waals surface area contributed by atoms with Gasteiger partial charge in [0.15, 0.2) is 0 Å². The molecule has 1 unspecified atom stereocenters. The van der Waals surface area contributed by atoms with Crippen molar-refractivity contribution < 1.29 is 4.79 Å². The molecule has 4 rings (SSSR count). The van der Waals surface area contributed by atoms with Gasteiger partial charge in [-0.1, -0.05) is 0 Å². The number of carbonyl (C=O) groups is 1. The average molecular weight is 315 g/mol. The van der Waals surface area contributed by atoms with Crippen LogP contribution in [0.3, 0.4) is 0 Å². The Morgan fingerprint density at radius 2 is 2.18 bits per heavy atom. The third-order valence-corrected chi connectivity index (χ3v) is 5.96. The largest absolute Gasteiger partial charge is 0.336 e. The molecule has 2 aromatic rings. The number of hydrogen-bond donors (Lipinski definition) is 0. The van der Waals surface area contributed by atoms with Crippen LogP contribution >= 0.6 is 11.3 Å². The lowest BCUT2D eigenvalue weighted by Gasteiger charge is -2.33. The molecular weight excluding hydrogens is 294 g/mol. The molecule has 2 aliphatic rings. The van der Waals surface area contributed by atoms with Crippen LogP contribution in [-0.4, -0.2) is 33.7 Å². The number of carbonyl (C=O) groups excluding carboxylic acids is 1. The normalized spacial score (nSPS) is 21.6. The highest BCUT2D eigenvalue weighted by Crippen LogP contribution is 2.32. The van der Waals surface area contributed by atoms with Crippen molar-refractivity contribution >= 4 is 17.2 Å². The zero-order valence-electron chi connectivity index (χ0n) is 12.7. The minimum atomic E-state index is 0.233. The number of amides is 1. The van der Waals surface area contributed by atoms with Crippen LogP contribution in [0.2, 0.25) is 0 Å². The van der Waals surface area contributed by atoms with Crippen LogP contribution in [0.4, 0.5) is 0 Å². The standard InChI is InChI=1S/C17H21N3OS/c21-17(15-12-22-16-7-2-1-6-14(15)16)19-9-3-5-13(11-19)20-10-4-8-18-20/h4,8,10,12-13H,1-3,5-7,9,11H2. The second-order valence-electron chi connectivity index (χ2n) is 6.29. The number of aromatic nitrogens is 2. The summed E-state index contributed by atoms with van der Waals surface area (Å²) in [7, 11) is 0. The Kier molecular flexibility index (Phi) is 3.74. The number of rotatable bonds is 2. The number of nitrogens with zero attached hydrogens (tertiary/aromatic N) is 3. The average Bonchev–Trinajstić information content (AvgIpc) is 3.24. The lowest BCUT2D eigenvalue weighted by Crippen LogP contribution is -2.41. The first-order valence-electron chi connectivity index (χ1n) is 8.20. The Morgan fingerprint density at radius 1 is 1.27 bits per heavy atom. The van der Waals surface area contributed by atoms with Gasteiger partial charge in [0.1, 0.15) is 0 Å². The zero-order valence-corrected chi connectivity index (χ0v) is 13.5. The molecule has 22 heavy (non-hydrogen) atoms. The van der Waals surface area contributed by atoms with Crippen LogP contribution in [0.1, 0.15) is 52.5 Å². The first kappa shape index (κ1) is 14.0. The summed E-state index contributed by atoms with van der Waals surface area (Å²) >= 11 is 1.78. The molecule has 3 heterocycles. The molecule has 1 saturated heterocycles. The topological polar surface area (TPSA) is 38.1 Å². The van der Waals surface area contributed by atoms with E-state index in [-0.39, 0.29) is 5.91 Å². The predicted molar refractivity (Wildman–Crippen MR) is 87.4 cm³/mol. The number of fused-ring (bicyclic) bond motifs is 1. The SMILES string of the molecule is O=C(c1csc2c1CCCC2)N1CCCC(n2cccn2)C1. The van der Waals surface area contributed by atoms with Crippen LogP contribution in [-0.2, 0) is 12.8 Å². The highest BCUT2D eigenvalue weighted by molar-refractivity contribution is 7.10. The molecule has 1 aliphatic carbocycles. The summed E-state index contributed by atoms with van der Waals surface area (Å²) in [5.41, 5.74) is 2.31. The highest BCUT2D eigenvalue weighted by Gasteiger charge is 2.28. The molecule has 116 valence electrons. The maximum absolute atomic E-state index is 13.0. The molecule has 0 saturated carbocycles. The maximum atomic E-state index is 13.0. The summed E-state index contributed by atoms with van der Waals surface area (Å²) < 4.78 is 2.00. The van der Waals surface area contributed by atoms with Gasteiger partial charge in [-0.15, -0.1) is 11.3 Å². The molecule has 0 bridgehead atoms. The van der Waals surface area contributed by atoms with Crippen molar-refractivity contribution in [3.63, 3.8) is 0 Å². The lowest BCUT2D eigenvalue weighted by atomic mass is 9.95. The van der Waals surface area contributed by atoms with Gasteiger partial charge in [-0.05, 0) is 50.2 Å². The van der Waals surface area contributed by atoms with Crippen LogP contribution in [0.5, 0.6) is 0 Å². The van der Waals surface area contributed by atoms with Crippen molar-refractivity contribution in [2.24, 2.45) is 0 Å². The third-order valence-electron chi connectivity index (χ3n) is 4.87. The summed E-state index contributed by atoms with van der Waals surface area (Å²) in [5.74, 6) is 0.233. The molecule has 5 heteroatoms. The van der Waals surface area contributed by atoms with Crippen molar-refractivity contribution in [2.45, 2.75) is 44.6 Å². The number of thiophene rings is 1. The highest BCUT2D eigenvalue weighted by atomic mass is 32.1. The van der Waals surface area contributed by atoms with Gasteiger partial charge in [0.25, 0.3) is 5.91 Å². The monoisotopic (exact) mass is 315 g/mol. The summed E-state index contributed by atoms with van der Waals surface area (Å²) in [5, 5.41) is 6.44. The third kappa shape index (κ3) is 2.47. The van der Waals surface area contributed by atoms with Gasteiger partial charge >= 0.3 is 0 Å². The van der Waals surface area contributed by atoms with E-state index >= 15 is 0 Å². The van der Waals surface area contributed by atoms with Gasteiger partial charge in [-0.3, -0.25) is 9.48 Å². The quantitative estimate of drug-likeness (QED) is 0.853. The van der Waals surface area contributed by atoms with Gasteiger partial charge in [0.05, 0.1) is 11.6 Å². The fourth-order valence-corrected chi connectivity index (χ4v) is 4.81. The fraction of sp³-hybridized carbons (Fsp3) is 0.529. The van der Waals surface area contributed by atoms with E-state index in [4.69, 9.17) is 0 Å². The molecule has 0 aromatic carbocycles. The van der Waals surface area contributed by atoms with E-state index in [1.54, 1.807) is 11.3 Å². The van der Waals surface area contributed by atoms with Crippen LogP contribution in [0.15, 0.2) is 23.8 Å². The van der Waals surface area contributed by atoms with Gasteiger partial charge in [0, 0.05) is 35.7 Å². The second-order valence-corrected chi connectivity index (χ2v) is 7.26. The summed E-state index contributed by atoms with van der Waals surface area (Å²) in [6.07, 6.45) is 10.7. The maximum Gasteiger partial charge on any atom is 0.255 e. The van der Waals surface area contributed by atoms with Crippen molar-refractivity contribution in [1.82, 2.24) is 14.7 Å². The van der Waals surface area contributed by atoms with Gasteiger partial charge in [0.2, 0.25) is 0 Å². The minimum Gasteiger partial charge on any atom is -0.336 e. The number of piperidine rings is 1. The van der Waals surface area contributed by atoms with Crippen LogP contribution < -0.4 is 0 Å². The van der Waals surface area contributed by atoms with Gasteiger partial charge in [-0.25, -0.2) is 0 Å². The Hall–Kier alpha value is -1.62. The van der Waals surface area contributed by atoms with Crippen LogP contribution in [0.25, 0.3) is 0 Å². The summed E-state index contributed by atoms with van der Waals surface area (Å²) in [6, 6.07) is 2.28. The Balaban J connectivity index is 1.54. The van der Waals surface area contributed by atoms with E-state index in [0.717, 1.165) is 44.3 Å². The van der Waals surface area contributed by atoms with E-state index < -0.39 is 0 Å². The molecule has 1 atom stereocenters. The molecule has 1 fully saturated rings. The molecule has 0 radical (unpaired) electrons. The smallest absolute Gasteiger partial charge is 0.255 e. The summed E-state index contributed by atoms with van der Waals surface area (Å²) in [4.78, 5) is 16.4. The van der Waals surface area contributed by atoms with Gasteiger partial charge in [-0.2, -0.15) is 5.10 Å². The molecule has 1 amide bonds. The fourth-order valence-electron chi connectivity index (χ4n) is 3.70. The first-order chi connectivity index (χ1) is 10.8. The van der Waals surface area contributed by atoms with E-state index in [0.29, 0.717) is 6.04 Å². The van der Waals surface area contributed by atoms with Crippen molar-refractivity contribution in [3.05, 3.63) is 39.8 Å².